The van der Waals surface area contributed by atoms with Crippen LogP contribution in [0.5, 0.6) is 0 Å². The molecule has 0 heterocycles. The Balaban J connectivity index is 2.58. The van der Waals surface area contributed by atoms with Crippen molar-refractivity contribution in [3.8, 4) is 0 Å². The lowest BCUT2D eigenvalue weighted by molar-refractivity contribution is 0.548. The first-order valence-corrected chi connectivity index (χ1v) is 4.80. The lowest BCUT2D eigenvalue weighted by atomic mass is 10.0. The van der Waals surface area contributed by atoms with Crippen molar-refractivity contribution in [1.29, 1.82) is 0 Å². The van der Waals surface area contributed by atoms with Crippen LogP contribution >= 0.6 is 0 Å². The van der Waals surface area contributed by atoms with Crippen LogP contribution in [0.1, 0.15) is 30.9 Å². The summed E-state index contributed by atoms with van der Waals surface area (Å²) < 4.78 is 0. The average molecular weight is 175 g/mol. The van der Waals surface area contributed by atoms with E-state index in [4.69, 9.17) is 0 Å². The van der Waals surface area contributed by atoms with Crippen LogP contribution in [0, 0.1) is 0 Å². The summed E-state index contributed by atoms with van der Waals surface area (Å²) in [6.07, 6.45) is 5.47. The van der Waals surface area contributed by atoms with Gasteiger partial charge in [-0.05, 0) is 30.4 Å². The van der Waals surface area contributed by atoms with E-state index < -0.39 is 0 Å². The summed E-state index contributed by atoms with van der Waals surface area (Å²) in [6.45, 7) is 2.16. The molecule has 0 aliphatic carbocycles. The second-order valence-corrected chi connectivity index (χ2v) is 3.12. The first-order chi connectivity index (χ1) is 6.38. The molecule has 69 valence electrons. The SMILES string of the molecule is CCc1ccccc1CCC[C]=O. The summed E-state index contributed by atoms with van der Waals surface area (Å²) in [5, 5.41) is 0. The van der Waals surface area contributed by atoms with Crippen molar-refractivity contribution < 1.29 is 4.79 Å². The highest BCUT2D eigenvalue weighted by Crippen LogP contribution is 2.11. The Hall–Kier alpha value is -1.11. The molecular formula is C12H15O. The van der Waals surface area contributed by atoms with Crippen molar-refractivity contribution in [3.63, 3.8) is 0 Å². The predicted octanol–water partition coefficient (Wildman–Crippen LogP) is 2.68. The van der Waals surface area contributed by atoms with Gasteiger partial charge >= 0.3 is 0 Å². The molecule has 1 rings (SSSR count). The van der Waals surface area contributed by atoms with Crippen molar-refractivity contribution in [1.82, 2.24) is 0 Å². The summed E-state index contributed by atoms with van der Waals surface area (Å²) in [7, 11) is 0. The second kappa shape index (κ2) is 5.52. The van der Waals surface area contributed by atoms with E-state index >= 15 is 0 Å². The minimum Gasteiger partial charge on any atom is -0.291 e. The van der Waals surface area contributed by atoms with Crippen molar-refractivity contribution in [2.75, 3.05) is 0 Å². The molecule has 0 aliphatic heterocycles. The van der Waals surface area contributed by atoms with Crippen molar-refractivity contribution >= 4 is 6.29 Å². The normalized spacial score (nSPS) is 9.92. The third-order valence-corrected chi connectivity index (χ3v) is 2.22. The Morgan fingerprint density at radius 3 is 2.54 bits per heavy atom. The zero-order valence-corrected chi connectivity index (χ0v) is 8.05. The number of hydrogen-bond acceptors (Lipinski definition) is 1. The molecule has 0 aliphatic rings. The minimum atomic E-state index is 0.554. The van der Waals surface area contributed by atoms with Gasteiger partial charge in [-0.1, -0.05) is 31.2 Å². The number of benzene rings is 1. The molecule has 1 heteroatoms. The van der Waals surface area contributed by atoms with E-state index in [1.807, 2.05) is 6.29 Å². The summed E-state index contributed by atoms with van der Waals surface area (Å²) in [5.41, 5.74) is 2.77. The minimum absolute atomic E-state index is 0.554. The molecule has 0 N–H and O–H groups in total. The molecule has 0 atom stereocenters. The highest BCUT2D eigenvalue weighted by Gasteiger charge is 1.98. The molecule has 0 saturated heterocycles. The van der Waals surface area contributed by atoms with Gasteiger partial charge in [0.25, 0.3) is 0 Å². The molecular weight excluding hydrogens is 160 g/mol. The van der Waals surface area contributed by atoms with E-state index in [-0.39, 0.29) is 0 Å². The molecule has 1 aromatic carbocycles. The molecule has 0 spiro atoms. The van der Waals surface area contributed by atoms with Crippen LogP contribution in [0.25, 0.3) is 0 Å². The maximum absolute atomic E-state index is 10.0. The Labute approximate surface area is 79.8 Å². The summed E-state index contributed by atoms with van der Waals surface area (Å²) in [4.78, 5) is 10.0. The van der Waals surface area contributed by atoms with Crippen LogP contribution in [-0.2, 0) is 17.6 Å². The molecule has 0 fully saturated rings. The molecule has 0 bridgehead atoms. The summed E-state index contributed by atoms with van der Waals surface area (Å²) in [6, 6.07) is 8.41. The van der Waals surface area contributed by atoms with E-state index in [0.717, 1.165) is 19.3 Å². The van der Waals surface area contributed by atoms with E-state index in [1.54, 1.807) is 0 Å². The zero-order chi connectivity index (χ0) is 9.52. The third-order valence-electron chi connectivity index (χ3n) is 2.22. The maximum Gasteiger partial charge on any atom is 0.198 e. The van der Waals surface area contributed by atoms with Gasteiger partial charge in [0.15, 0.2) is 6.29 Å². The topological polar surface area (TPSA) is 17.1 Å². The number of hydrogen-bond donors (Lipinski definition) is 0. The maximum atomic E-state index is 10.0. The fraction of sp³-hybridized carbons (Fsp3) is 0.417. The number of carbonyl (C=O) groups excluding carboxylic acids is 1. The number of unbranched alkanes of at least 4 members (excludes halogenated alkanes) is 1. The third kappa shape index (κ3) is 3.02. The lowest BCUT2D eigenvalue weighted by Crippen LogP contribution is -1.92. The van der Waals surface area contributed by atoms with Crippen LogP contribution in [0.4, 0.5) is 0 Å². The van der Waals surface area contributed by atoms with E-state index in [2.05, 4.69) is 31.2 Å². The molecule has 0 amide bonds. The van der Waals surface area contributed by atoms with Gasteiger partial charge in [0.1, 0.15) is 0 Å². The van der Waals surface area contributed by atoms with Crippen LogP contribution < -0.4 is 0 Å². The Morgan fingerprint density at radius 2 is 1.92 bits per heavy atom. The molecule has 0 aromatic heterocycles. The number of aryl methyl sites for hydroxylation is 2. The Kier molecular flexibility index (Phi) is 4.24. The van der Waals surface area contributed by atoms with Gasteiger partial charge in [0, 0.05) is 6.42 Å². The standard InChI is InChI=1S/C12H15O/c1-2-11-7-3-4-8-12(11)9-5-6-10-13/h3-4,7-8H,2,5-6,9H2,1H3. The van der Waals surface area contributed by atoms with Gasteiger partial charge in [0.05, 0.1) is 0 Å². The summed E-state index contributed by atoms with van der Waals surface area (Å²) in [5.74, 6) is 0. The van der Waals surface area contributed by atoms with Gasteiger partial charge < -0.3 is 0 Å². The molecule has 13 heavy (non-hydrogen) atoms. The molecule has 0 saturated carbocycles. The number of rotatable bonds is 5. The second-order valence-electron chi connectivity index (χ2n) is 3.12. The van der Waals surface area contributed by atoms with Crippen LogP contribution in [0.15, 0.2) is 24.3 Å². The average Bonchev–Trinajstić information content (AvgIpc) is 2.19. The first kappa shape index (κ1) is 9.97. The van der Waals surface area contributed by atoms with Gasteiger partial charge in [0.2, 0.25) is 0 Å². The van der Waals surface area contributed by atoms with E-state index in [1.165, 1.54) is 11.1 Å². The highest BCUT2D eigenvalue weighted by atomic mass is 16.1. The quantitative estimate of drug-likeness (QED) is 0.629. The zero-order valence-electron chi connectivity index (χ0n) is 8.05. The van der Waals surface area contributed by atoms with E-state index in [9.17, 15) is 4.79 Å². The first-order valence-electron chi connectivity index (χ1n) is 4.80. The van der Waals surface area contributed by atoms with Gasteiger partial charge in [-0.2, -0.15) is 0 Å². The van der Waals surface area contributed by atoms with Crippen LogP contribution in [0.2, 0.25) is 0 Å². The molecule has 0 unspecified atom stereocenters. The molecule has 1 radical (unpaired) electrons. The monoisotopic (exact) mass is 175 g/mol. The van der Waals surface area contributed by atoms with Crippen LogP contribution in [0.3, 0.4) is 0 Å². The van der Waals surface area contributed by atoms with Crippen molar-refractivity contribution in [3.05, 3.63) is 35.4 Å². The van der Waals surface area contributed by atoms with Crippen molar-refractivity contribution in [2.24, 2.45) is 0 Å². The van der Waals surface area contributed by atoms with Gasteiger partial charge in [-0.3, -0.25) is 4.79 Å². The lowest BCUT2D eigenvalue weighted by Gasteiger charge is -2.05. The Morgan fingerprint density at radius 1 is 1.23 bits per heavy atom. The summed E-state index contributed by atoms with van der Waals surface area (Å²) >= 11 is 0. The van der Waals surface area contributed by atoms with Crippen LogP contribution in [-0.4, -0.2) is 6.29 Å². The largest absolute Gasteiger partial charge is 0.291 e. The highest BCUT2D eigenvalue weighted by molar-refractivity contribution is 5.50. The fourth-order valence-corrected chi connectivity index (χ4v) is 1.50. The van der Waals surface area contributed by atoms with E-state index in [0.29, 0.717) is 6.42 Å². The fourth-order valence-electron chi connectivity index (χ4n) is 1.50. The predicted molar refractivity (Wildman–Crippen MR) is 54.5 cm³/mol. The smallest absolute Gasteiger partial charge is 0.198 e. The van der Waals surface area contributed by atoms with Gasteiger partial charge in [-0.15, -0.1) is 0 Å². The molecule has 1 nitrogen and oxygen atoms in total. The Bertz CT molecular complexity index is 266. The van der Waals surface area contributed by atoms with Gasteiger partial charge in [-0.25, -0.2) is 0 Å². The molecule has 1 aromatic rings. The van der Waals surface area contributed by atoms with Crippen molar-refractivity contribution in [2.45, 2.75) is 32.6 Å².